The monoisotopic (exact) mass is 986 g/mol. The quantitative estimate of drug-likeness (QED) is 0.0692. The van der Waals surface area contributed by atoms with Gasteiger partial charge in [-0.1, -0.05) is 41.5 Å². The summed E-state index contributed by atoms with van der Waals surface area (Å²) in [6.45, 7) is 14.2. The van der Waals surface area contributed by atoms with E-state index in [1.807, 2.05) is 0 Å². The van der Waals surface area contributed by atoms with E-state index in [1.165, 1.54) is 0 Å². The van der Waals surface area contributed by atoms with Crippen LogP contribution in [0.5, 0.6) is 0 Å². The first-order chi connectivity index (χ1) is 32.5. The third-order valence-electron chi connectivity index (χ3n) is 22.7. The number of hydrogen-bond acceptors (Lipinski definition) is 8. The Labute approximate surface area is 414 Å². The van der Waals surface area contributed by atoms with Crippen molar-refractivity contribution in [2.24, 2.45) is 92.7 Å². The summed E-state index contributed by atoms with van der Waals surface area (Å²) < 4.78 is 31.1. The molecule has 0 aliphatic heterocycles. The molecule has 3 amide bonds. The smallest absolute Gasteiger partial charge is 0.303 e. The van der Waals surface area contributed by atoms with E-state index >= 15 is 0 Å². The van der Waals surface area contributed by atoms with Crippen molar-refractivity contribution in [2.45, 2.75) is 214 Å². The molecule has 69 heavy (non-hydrogen) atoms. The van der Waals surface area contributed by atoms with Crippen LogP contribution in [0.25, 0.3) is 0 Å². The Morgan fingerprint density at radius 1 is 0.565 bits per heavy atom. The molecule has 8 aliphatic rings. The molecule has 392 valence electrons. The fourth-order valence-electron chi connectivity index (χ4n) is 19.2. The van der Waals surface area contributed by atoms with Crippen LogP contribution >= 0.6 is 0 Å². The van der Waals surface area contributed by atoms with E-state index in [0.717, 1.165) is 116 Å². The van der Waals surface area contributed by atoms with Crippen LogP contribution in [0, 0.1) is 92.7 Å². The van der Waals surface area contributed by atoms with Gasteiger partial charge >= 0.3 is 5.97 Å². The zero-order chi connectivity index (χ0) is 49.8. The zero-order valence-corrected chi connectivity index (χ0v) is 43.9. The van der Waals surface area contributed by atoms with Gasteiger partial charge in [0.2, 0.25) is 17.7 Å². The van der Waals surface area contributed by atoms with Crippen molar-refractivity contribution in [2.75, 3.05) is 12.3 Å². The Morgan fingerprint density at radius 2 is 0.986 bits per heavy atom. The van der Waals surface area contributed by atoms with Gasteiger partial charge in [0, 0.05) is 44.3 Å². The molecule has 8 aliphatic carbocycles. The second-order valence-corrected chi connectivity index (χ2v) is 27.6. The Kier molecular flexibility index (Phi) is 15.8. The van der Waals surface area contributed by atoms with Crippen LogP contribution < -0.4 is 16.0 Å². The Balaban J connectivity index is 0.760. The second-order valence-electron chi connectivity index (χ2n) is 26.0. The highest BCUT2D eigenvalue weighted by Gasteiger charge is 2.65. The Hall–Kier alpha value is -2.29. The van der Waals surface area contributed by atoms with E-state index < -0.39 is 21.8 Å². The summed E-state index contributed by atoms with van der Waals surface area (Å²) in [6.07, 6.45) is 18.6. The molecule has 7 N–H and O–H groups in total. The minimum Gasteiger partial charge on any atom is -0.481 e. The maximum Gasteiger partial charge on any atom is 0.303 e. The van der Waals surface area contributed by atoms with Gasteiger partial charge in [-0.05, 0) is 215 Å². The number of carboxylic acid groups (broad SMARTS) is 1. The van der Waals surface area contributed by atoms with Gasteiger partial charge in [0.1, 0.15) is 0 Å². The highest BCUT2D eigenvalue weighted by molar-refractivity contribution is 7.85. The lowest BCUT2D eigenvalue weighted by Crippen LogP contribution is -2.59. The molecule has 4 unspecified atom stereocenters. The largest absolute Gasteiger partial charge is 0.481 e. The molecule has 8 fully saturated rings. The fourth-order valence-corrected chi connectivity index (χ4v) is 19.5. The van der Waals surface area contributed by atoms with Gasteiger partial charge in [0.05, 0.1) is 18.0 Å². The van der Waals surface area contributed by atoms with Crippen molar-refractivity contribution in [3.8, 4) is 0 Å². The molecule has 13 nitrogen and oxygen atoms in total. The average molecular weight is 986 g/mol. The topological polar surface area (TPSA) is 219 Å². The predicted molar refractivity (Wildman–Crippen MR) is 265 cm³/mol. The van der Waals surface area contributed by atoms with Crippen molar-refractivity contribution < 1.29 is 47.5 Å². The molecule has 0 spiro atoms. The van der Waals surface area contributed by atoms with Crippen molar-refractivity contribution in [3.05, 3.63) is 0 Å². The number of aliphatic hydroxyl groups excluding tert-OH is 2. The highest BCUT2D eigenvalue weighted by Crippen LogP contribution is 2.70. The number of nitrogens with one attached hydrogen (secondary N) is 3. The normalized spacial score (nSPS) is 44.4. The third-order valence-corrected chi connectivity index (χ3v) is 23.5. The molecule has 0 radical (unpaired) electrons. The van der Waals surface area contributed by atoms with Crippen LogP contribution in [-0.4, -0.2) is 88.6 Å². The van der Waals surface area contributed by atoms with Crippen molar-refractivity contribution in [1.29, 1.82) is 0 Å². The average Bonchev–Trinajstić information content (AvgIpc) is 3.82. The lowest BCUT2D eigenvalue weighted by atomic mass is 9.43. The van der Waals surface area contributed by atoms with Crippen LogP contribution in [0.3, 0.4) is 0 Å². The summed E-state index contributed by atoms with van der Waals surface area (Å²) in [5.41, 5.74) is 0.513. The number of carboxylic acids is 1. The molecule has 0 aromatic rings. The predicted octanol–water partition coefficient (Wildman–Crippen LogP) is 8.31. The second kappa shape index (κ2) is 20.6. The van der Waals surface area contributed by atoms with Crippen molar-refractivity contribution >= 4 is 33.8 Å². The molecule has 0 saturated heterocycles. The first-order valence-corrected chi connectivity index (χ1v) is 29.5. The van der Waals surface area contributed by atoms with Gasteiger partial charge in [-0.25, -0.2) is 0 Å². The molecular weight excluding hydrogens is 895 g/mol. The van der Waals surface area contributed by atoms with Crippen LogP contribution in [-0.2, 0) is 29.3 Å². The highest BCUT2D eigenvalue weighted by atomic mass is 32.2. The first-order valence-electron chi connectivity index (χ1n) is 27.8. The maximum absolute atomic E-state index is 13.4. The SMILES string of the molecule is C[C@H](CCC(=O)O)[C@H]1CC[C@@H]2C3[C@@H](CC[C@@]21C)[C@@]1(C)CC[C@H](NC(=O)CCCC(=O)N[C@H]2CC[C@@]4(C)C(C2)C[C@H](O)C2[C@H]5CC[C@H]([C@H](C)CCC(=O)NCCS(=O)(=O)O)[C@@]5(C)CC[C@H]24)CC1C[C@@H]3O. The van der Waals surface area contributed by atoms with Crippen LogP contribution in [0.4, 0.5) is 0 Å². The van der Waals surface area contributed by atoms with Crippen LogP contribution in [0.15, 0.2) is 0 Å². The summed E-state index contributed by atoms with van der Waals surface area (Å²) in [5.74, 6) is 3.37. The van der Waals surface area contributed by atoms with E-state index in [1.54, 1.807) is 0 Å². The van der Waals surface area contributed by atoms with Crippen molar-refractivity contribution in [3.63, 3.8) is 0 Å². The molecule has 20 atom stereocenters. The minimum atomic E-state index is -4.12. The number of hydrogen-bond donors (Lipinski definition) is 7. The molecule has 0 heterocycles. The van der Waals surface area contributed by atoms with E-state index in [2.05, 4.69) is 57.5 Å². The lowest BCUT2D eigenvalue weighted by Gasteiger charge is -2.62. The van der Waals surface area contributed by atoms with E-state index in [9.17, 15) is 42.9 Å². The maximum atomic E-state index is 13.4. The van der Waals surface area contributed by atoms with Crippen LogP contribution in [0.1, 0.15) is 189 Å². The van der Waals surface area contributed by atoms with Crippen LogP contribution in [0.2, 0.25) is 0 Å². The minimum absolute atomic E-state index is 0.00633. The summed E-state index contributed by atoms with van der Waals surface area (Å²) in [7, 11) is -4.12. The first kappa shape index (κ1) is 53.0. The van der Waals surface area contributed by atoms with Gasteiger partial charge < -0.3 is 31.3 Å². The number of amides is 3. The van der Waals surface area contributed by atoms with E-state index in [4.69, 9.17) is 4.55 Å². The molecule has 14 heteroatoms. The molecule has 0 aromatic heterocycles. The standard InChI is InChI=1S/C55H91N3O10S/c1-32(10-16-46(61)56-26-27-69(66,67)68)38-12-14-40-50-42(20-24-54(38,40)5)52(3)22-18-36(28-34(52)30-44(50)59)57-47(62)8-7-9-48(63)58-37-19-23-53(4)35(29-37)31-45(60)51-41-15-13-39(33(2)11-17-49(64)65)55(41,6)25-21-43(51)53/h32-45,50-51,59-60H,7-31H2,1-6H3,(H,56,61)(H,57,62)(H,58,63)(H,64,65)(H,66,67,68)/t32-,33-,34?,35?,36+,37+,38-,39-,40-,41-,42-,43-,44+,45+,50?,51?,52+,53+,54-,55-/m1/s1. The number of aliphatic carboxylic acids is 1. The number of rotatable bonds is 17. The summed E-state index contributed by atoms with van der Waals surface area (Å²) in [6, 6.07) is 0.166. The third kappa shape index (κ3) is 10.6. The number of fused-ring (bicyclic) bond motifs is 10. The molecule has 8 saturated carbocycles. The van der Waals surface area contributed by atoms with Crippen molar-refractivity contribution in [1.82, 2.24) is 16.0 Å². The van der Waals surface area contributed by atoms with Gasteiger partial charge in [0.25, 0.3) is 10.1 Å². The number of aliphatic hydroxyl groups is 2. The summed E-state index contributed by atoms with van der Waals surface area (Å²) in [4.78, 5) is 50.6. The van der Waals surface area contributed by atoms with Gasteiger partial charge in [-0.2, -0.15) is 8.42 Å². The molecule has 0 bridgehead atoms. The molecular formula is C55H91N3O10S. The summed E-state index contributed by atoms with van der Waals surface area (Å²) >= 11 is 0. The van der Waals surface area contributed by atoms with Gasteiger partial charge in [0.15, 0.2) is 0 Å². The van der Waals surface area contributed by atoms with Gasteiger partial charge in [-0.3, -0.25) is 23.7 Å². The van der Waals surface area contributed by atoms with E-state index in [-0.39, 0.29) is 82.6 Å². The van der Waals surface area contributed by atoms with Gasteiger partial charge in [-0.15, -0.1) is 0 Å². The molecule has 0 aromatic carbocycles. The lowest BCUT2D eigenvalue weighted by molar-refractivity contribution is -0.167. The van der Waals surface area contributed by atoms with E-state index in [0.29, 0.717) is 90.8 Å². The Bertz CT molecular complexity index is 2000. The zero-order valence-electron chi connectivity index (χ0n) is 43.1. The fraction of sp³-hybridized carbons (Fsp3) is 0.927. The number of carbonyl (C=O) groups excluding carboxylic acids is 3. The Morgan fingerprint density at radius 3 is 1.42 bits per heavy atom. The number of carbonyl (C=O) groups is 4. The summed E-state index contributed by atoms with van der Waals surface area (Å²) in [5, 5.41) is 42.5. The molecule has 8 rings (SSSR count).